The van der Waals surface area contributed by atoms with Crippen molar-refractivity contribution in [2.24, 2.45) is 46.0 Å². The molecule has 0 aromatic carbocycles. The summed E-state index contributed by atoms with van der Waals surface area (Å²) in [6.45, 7) is 1.87. The van der Waals surface area contributed by atoms with Gasteiger partial charge in [0, 0.05) is 11.3 Å². The Hall–Kier alpha value is -1.39. The van der Waals surface area contributed by atoms with E-state index in [4.69, 9.17) is 0 Å². The van der Waals surface area contributed by atoms with E-state index in [9.17, 15) is 9.59 Å². The van der Waals surface area contributed by atoms with Crippen molar-refractivity contribution < 1.29 is 9.59 Å². The third-order valence-electron chi connectivity index (χ3n) is 9.73. The van der Waals surface area contributed by atoms with Crippen LogP contribution in [0.3, 0.4) is 0 Å². The summed E-state index contributed by atoms with van der Waals surface area (Å²) < 4.78 is 0. The topological polar surface area (TPSA) is 70.6 Å². The summed E-state index contributed by atoms with van der Waals surface area (Å²) in [5.41, 5.74) is 3.46. The lowest BCUT2D eigenvalue weighted by molar-refractivity contribution is -0.146. The maximum Gasteiger partial charge on any atom is 0.246 e. The summed E-state index contributed by atoms with van der Waals surface area (Å²) >= 11 is 0. The first-order valence-corrected chi connectivity index (χ1v) is 12.5. The zero-order valence-corrected chi connectivity index (χ0v) is 18.4. The van der Waals surface area contributed by atoms with Gasteiger partial charge in [-0.2, -0.15) is 5.10 Å². The highest BCUT2D eigenvalue weighted by Gasteiger charge is 2.55. The highest BCUT2D eigenvalue weighted by molar-refractivity contribution is 6.00. The molecule has 5 heteroatoms. The van der Waals surface area contributed by atoms with E-state index in [1.165, 1.54) is 57.8 Å². The number of hydrogen-bond donors (Lipinski definition) is 2. The molecule has 30 heavy (non-hydrogen) atoms. The van der Waals surface area contributed by atoms with Gasteiger partial charge in [0.25, 0.3) is 0 Å². The minimum absolute atomic E-state index is 0.0502. The van der Waals surface area contributed by atoms with Gasteiger partial charge in [-0.1, -0.05) is 0 Å². The summed E-state index contributed by atoms with van der Waals surface area (Å²) in [5.74, 6) is 4.92. The van der Waals surface area contributed by atoms with Crippen molar-refractivity contribution in [1.82, 2.24) is 10.7 Å². The standard InChI is InChI=1S/C25H37N3O2/c1-15(2-22(29)26-25-12-19-6-20(13-25)8-21(7-19)14-25)27-28-23(30)24-9-16-3-17(10-24)5-18(4-16)11-24/h16-21H,2-14H2,1H3,(H,26,29)(H,28,30)/b27-15+. The van der Waals surface area contributed by atoms with Gasteiger partial charge in [-0.25, -0.2) is 5.43 Å². The predicted octanol–water partition coefficient (Wildman–Crippen LogP) is 4.17. The van der Waals surface area contributed by atoms with Crippen LogP contribution in [0.15, 0.2) is 5.10 Å². The Morgan fingerprint density at radius 2 is 1.20 bits per heavy atom. The van der Waals surface area contributed by atoms with Gasteiger partial charge in [0.2, 0.25) is 11.8 Å². The molecule has 0 radical (unpaired) electrons. The maximum atomic E-state index is 13.1. The van der Waals surface area contributed by atoms with E-state index in [1.807, 2.05) is 6.92 Å². The second kappa shape index (κ2) is 6.80. The third kappa shape index (κ3) is 3.31. The number of rotatable bonds is 5. The minimum Gasteiger partial charge on any atom is -0.350 e. The highest BCUT2D eigenvalue weighted by atomic mass is 16.2. The molecule has 5 nitrogen and oxygen atoms in total. The molecular weight excluding hydrogens is 374 g/mol. The fourth-order valence-electron chi connectivity index (χ4n) is 9.53. The Bertz CT molecular complexity index is 715. The highest BCUT2D eigenvalue weighted by Crippen LogP contribution is 2.60. The monoisotopic (exact) mass is 411 g/mol. The van der Waals surface area contributed by atoms with Crippen molar-refractivity contribution in [2.45, 2.75) is 95.9 Å². The number of nitrogens with one attached hydrogen (secondary N) is 2. The first-order chi connectivity index (χ1) is 14.4. The number of carbonyl (C=O) groups is 2. The molecule has 8 bridgehead atoms. The van der Waals surface area contributed by atoms with Gasteiger partial charge in [0.15, 0.2) is 0 Å². The first-order valence-electron chi connectivity index (χ1n) is 12.5. The molecule has 0 aromatic heterocycles. The maximum absolute atomic E-state index is 13.1. The van der Waals surface area contributed by atoms with Crippen LogP contribution in [0.1, 0.15) is 90.4 Å². The van der Waals surface area contributed by atoms with Crippen molar-refractivity contribution >= 4 is 17.5 Å². The lowest BCUT2D eigenvalue weighted by atomic mass is 9.49. The Balaban J connectivity index is 1.05. The van der Waals surface area contributed by atoms with E-state index in [0.717, 1.165) is 60.5 Å². The third-order valence-corrected chi connectivity index (χ3v) is 9.73. The molecule has 8 fully saturated rings. The predicted molar refractivity (Wildman–Crippen MR) is 116 cm³/mol. The van der Waals surface area contributed by atoms with Gasteiger partial charge in [-0.05, 0) is 119 Å². The lowest BCUT2D eigenvalue weighted by Crippen LogP contribution is -2.60. The molecule has 0 saturated heterocycles. The van der Waals surface area contributed by atoms with E-state index in [1.54, 1.807) is 0 Å². The average Bonchev–Trinajstić information content (AvgIpc) is 2.63. The van der Waals surface area contributed by atoms with Gasteiger partial charge in [0.1, 0.15) is 0 Å². The fourth-order valence-corrected chi connectivity index (χ4v) is 9.53. The summed E-state index contributed by atoms with van der Waals surface area (Å²) in [6, 6.07) is 0. The normalized spacial score (nSPS) is 48.1. The van der Waals surface area contributed by atoms with Gasteiger partial charge >= 0.3 is 0 Å². The minimum atomic E-state index is -0.181. The molecule has 8 rings (SSSR count). The van der Waals surface area contributed by atoms with Crippen LogP contribution in [0.5, 0.6) is 0 Å². The second-order valence-corrected chi connectivity index (χ2v) is 12.4. The Labute approximate surface area is 180 Å². The molecule has 8 aliphatic carbocycles. The quantitative estimate of drug-likeness (QED) is 0.526. The van der Waals surface area contributed by atoms with E-state index in [0.29, 0.717) is 6.42 Å². The average molecular weight is 412 g/mol. The Morgan fingerprint density at radius 1 is 0.767 bits per heavy atom. The zero-order chi connectivity index (χ0) is 20.5. The van der Waals surface area contributed by atoms with Crippen molar-refractivity contribution in [3.8, 4) is 0 Å². The van der Waals surface area contributed by atoms with E-state index >= 15 is 0 Å². The smallest absolute Gasteiger partial charge is 0.246 e. The van der Waals surface area contributed by atoms with Crippen molar-refractivity contribution in [3.05, 3.63) is 0 Å². The molecular formula is C25H37N3O2. The molecule has 0 aromatic rings. The molecule has 8 aliphatic rings. The zero-order valence-electron chi connectivity index (χ0n) is 18.4. The Morgan fingerprint density at radius 3 is 1.67 bits per heavy atom. The van der Waals surface area contributed by atoms with Crippen LogP contribution in [0, 0.1) is 40.9 Å². The van der Waals surface area contributed by atoms with Crippen molar-refractivity contribution in [1.29, 1.82) is 0 Å². The van der Waals surface area contributed by atoms with E-state index in [2.05, 4.69) is 15.8 Å². The molecule has 2 amide bonds. The van der Waals surface area contributed by atoms with Crippen LogP contribution < -0.4 is 10.7 Å². The molecule has 0 atom stereocenters. The lowest BCUT2D eigenvalue weighted by Gasteiger charge is -2.56. The van der Waals surface area contributed by atoms with Gasteiger partial charge in [0.05, 0.1) is 11.8 Å². The van der Waals surface area contributed by atoms with Gasteiger partial charge in [-0.15, -0.1) is 0 Å². The molecule has 0 spiro atoms. The summed E-state index contributed by atoms with van der Waals surface area (Å²) in [4.78, 5) is 25.9. The molecule has 0 heterocycles. The summed E-state index contributed by atoms with van der Waals surface area (Å²) in [7, 11) is 0. The molecule has 0 unspecified atom stereocenters. The van der Waals surface area contributed by atoms with Crippen LogP contribution in [0.4, 0.5) is 0 Å². The second-order valence-electron chi connectivity index (χ2n) is 12.4. The van der Waals surface area contributed by atoms with Gasteiger partial charge in [-0.3, -0.25) is 9.59 Å². The first kappa shape index (κ1) is 19.3. The Kier molecular flexibility index (Phi) is 4.38. The van der Waals surface area contributed by atoms with Crippen LogP contribution >= 0.6 is 0 Å². The van der Waals surface area contributed by atoms with Gasteiger partial charge < -0.3 is 5.32 Å². The largest absolute Gasteiger partial charge is 0.350 e. The summed E-state index contributed by atoms with van der Waals surface area (Å²) in [6.07, 6.45) is 15.1. The molecule has 0 aliphatic heterocycles. The SMILES string of the molecule is C/C(CC(=O)NC12CC3CC(CC(C3)C1)C2)=N\NC(=O)C12CC3CC(CC(C3)C1)C2. The molecule has 8 saturated carbocycles. The number of nitrogens with zero attached hydrogens (tertiary/aromatic N) is 1. The number of amides is 2. The van der Waals surface area contributed by atoms with Crippen LogP contribution in [-0.2, 0) is 9.59 Å². The van der Waals surface area contributed by atoms with E-state index < -0.39 is 0 Å². The number of hydrazone groups is 1. The number of hydrogen-bond acceptors (Lipinski definition) is 3. The van der Waals surface area contributed by atoms with E-state index in [-0.39, 0.29) is 22.8 Å². The number of carbonyl (C=O) groups excluding carboxylic acids is 2. The molecule has 164 valence electrons. The van der Waals surface area contributed by atoms with Crippen LogP contribution in [-0.4, -0.2) is 23.1 Å². The van der Waals surface area contributed by atoms with Crippen molar-refractivity contribution in [2.75, 3.05) is 0 Å². The molecule has 2 N–H and O–H groups in total. The van der Waals surface area contributed by atoms with Crippen LogP contribution in [0.2, 0.25) is 0 Å². The van der Waals surface area contributed by atoms with Crippen molar-refractivity contribution in [3.63, 3.8) is 0 Å². The fraction of sp³-hybridized carbons (Fsp3) is 0.880. The summed E-state index contributed by atoms with van der Waals surface area (Å²) in [5, 5.41) is 7.79. The van der Waals surface area contributed by atoms with Crippen LogP contribution in [0.25, 0.3) is 0 Å².